The van der Waals surface area contributed by atoms with Gasteiger partial charge in [-0.15, -0.1) is 0 Å². The third-order valence-electron chi connectivity index (χ3n) is 2.44. The predicted molar refractivity (Wildman–Crippen MR) is 63.8 cm³/mol. The molecule has 3 N–H and O–H groups in total. The summed E-state index contributed by atoms with van der Waals surface area (Å²) in [6.45, 7) is 5.43. The van der Waals surface area contributed by atoms with Crippen LogP contribution in [-0.4, -0.2) is 28.4 Å². The molecule has 1 aromatic heterocycles. The molecule has 0 saturated heterocycles. The van der Waals surface area contributed by atoms with E-state index in [4.69, 9.17) is 4.52 Å². The Kier molecular flexibility index (Phi) is 4.51. The lowest BCUT2D eigenvalue weighted by atomic mass is 9.98. The van der Waals surface area contributed by atoms with Gasteiger partial charge in [0.15, 0.2) is 5.82 Å². The van der Waals surface area contributed by atoms with E-state index in [-0.39, 0.29) is 6.61 Å². The number of amides is 2. The van der Waals surface area contributed by atoms with Crippen molar-refractivity contribution >= 4 is 11.8 Å². The van der Waals surface area contributed by atoms with Gasteiger partial charge in [-0.2, -0.15) is 0 Å². The standard InChI is InChI=1S/C11H19N3O3/c1-4-5-11(3,7-15)13-10(16)12-9-6-8(2)17-14-9/h6,15H,4-5,7H2,1-3H3,(H2,12,13,14,16). The van der Waals surface area contributed by atoms with E-state index in [0.717, 1.165) is 6.42 Å². The number of carbonyl (C=O) groups is 1. The predicted octanol–water partition coefficient (Wildman–Crippen LogP) is 1.66. The second-order valence-electron chi connectivity index (χ2n) is 4.37. The molecule has 0 aromatic carbocycles. The van der Waals surface area contributed by atoms with Gasteiger partial charge in [-0.3, -0.25) is 5.32 Å². The SMILES string of the molecule is CCCC(C)(CO)NC(=O)Nc1cc(C)on1. The number of carbonyl (C=O) groups excluding carboxylic acids is 1. The molecule has 2 amide bonds. The molecule has 6 heteroatoms. The topological polar surface area (TPSA) is 87.4 Å². The number of aryl methyl sites for hydroxylation is 1. The van der Waals surface area contributed by atoms with Crippen LogP contribution in [0.25, 0.3) is 0 Å². The van der Waals surface area contributed by atoms with Gasteiger partial charge in [-0.1, -0.05) is 18.5 Å². The highest BCUT2D eigenvalue weighted by Crippen LogP contribution is 2.12. The van der Waals surface area contributed by atoms with Crippen molar-refractivity contribution in [2.45, 2.75) is 39.2 Å². The average molecular weight is 241 g/mol. The lowest BCUT2D eigenvalue weighted by molar-refractivity contribution is 0.167. The van der Waals surface area contributed by atoms with E-state index in [9.17, 15) is 9.90 Å². The van der Waals surface area contributed by atoms with Gasteiger partial charge >= 0.3 is 6.03 Å². The summed E-state index contributed by atoms with van der Waals surface area (Å²) in [6, 6.07) is 1.22. The fourth-order valence-corrected chi connectivity index (χ4v) is 1.58. The number of rotatable bonds is 5. The first kappa shape index (κ1) is 13.5. The smallest absolute Gasteiger partial charge is 0.320 e. The van der Waals surface area contributed by atoms with Crippen molar-refractivity contribution in [3.05, 3.63) is 11.8 Å². The number of hydrogen-bond donors (Lipinski definition) is 3. The highest BCUT2D eigenvalue weighted by atomic mass is 16.5. The van der Waals surface area contributed by atoms with Crippen molar-refractivity contribution in [3.8, 4) is 0 Å². The van der Waals surface area contributed by atoms with Gasteiger partial charge in [-0.05, 0) is 20.3 Å². The van der Waals surface area contributed by atoms with Crippen molar-refractivity contribution in [1.82, 2.24) is 10.5 Å². The summed E-state index contributed by atoms with van der Waals surface area (Å²) in [4.78, 5) is 11.7. The summed E-state index contributed by atoms with van der Waals surface area (Å²) in [5.74, 6) is 0.982. The average Bonchev–Trinajstić information content (AvgIpc) is 2.64. The van der Waals surface area contributed by atoms with Gasteiger partial charge in [0.1, 0.15) is 5.76 Å². The fraction of sp³-hybridized carbons (Fsp3) is 0.636. The van der Waals surface area contributed by atoms with Crippen molar-refractivity contribution < 1.29 is 14.4 Å². The van der Waals surface area contributed by atoms with Crippen LogP contribution in [-0.2, 0) is 0 Å². The van der Waals surface area contributed by atoms with Gasteiger partial charge in [0, 0.05) is 6.07 Å². The van der Waals surface area contributed by atoms with E-state index >= 15 is 0 Å². The minimum Gasteiger partial charge on any atom is -0.394 e. The highest BCUT2D eigenvalue weighted by Gasteiger charge is 2.24. The maximum Gasteiger partial charge on any atom is 0.320 e. The lowest BCUT2D eigenvalue weighted by Crippen LogP contribution is -2.50. The Morgan fingerprint density at radius 2 is 2.35 bits per heavy atom. The second kappa shape index (κ2) is 5.67. The molecule has 0 aliphatic carbocycles. The third-order valence-corrected chi connectivity index (χ3v) is 2.44. The molecule has 17 heavy (non-hydrogen) atoms. The lowest BCUT2D eigenvalue weighted by Gasteiger charge is -2.28. The summed E-state index contributed by atoms with van der Waals surface area (Å²) in [6.07, 6.45) is 1.58. The van der Waals surface area contributed by atoms with Gasteiger partial charge in [-0.25, -0.2) is 4.79 Å². The molecule has 0 fully saturated rings. The first-order chi connectivity index (χ1) is 7.99. The molecule has 0 saturated carbocycles. The number of aromatic nitrogens is 1. The zero-order chi connectivity index (χ0) is 12.9. The van der Waals surface area contributed by atoms with E-state index in [1.807, 2.05) is 6.92 Å². The second-order valence-corrected chi connectivity index (χ2v) is 4.37. The zero-order valence-electron chi connectivity index (χ0n) is 10.4. The Hall–Kier alpha value is -1.56. The van der Waals surface area contributed by atoms with Crippen molar-refractivity contribution in [2.24, 2.45) is 0 Å². The van der Waals surface area contributed by atoms with Crippen LogP contribution in [0.2, 0.25) is 0 Å². The summed E-state index contributed by atoms with van der Waals surface area (Å²) < 4.78 is 4.83. The van der Waals surface area contributed by atoms with Crippen LogP contribution < -0.4 is 10.6 Å². The summed E-state index contributed by atoms with van der Waals surface area (Å²) in [5.41, 5.74) is -0.613. The molecule has 1 atom stereocenters. The Morgan fingerprint density at radius 1 is 1.65 bits per heavy atom. The van der Waals surface area contributed by atoms with Crippen molar-refractivity contribution in [3.63, 3.8) is 0 Å². The molecule has 0 spiro atoms. The molecule has 1 rings (SSSR count). The monoisotopic (exact) mass is 241 g/mol. The summed E-state index contributed by atoms with van der Waals surface area (Å²) in [7, 11) is 0. The molecule has 1 aromatic rings. The number of nitrogens with zero attached hydrogens (tertiary/aromatic N) is 1. The van der Waals surface area contributed by atoms with Crippen LogP contribution in [0.5, 0.6) is 0 Å². The molecule has 96 valence electrons. The maximum absolute atomic E-state index is 11.7. The van der Waals surface area contributed by atoms with Gasteiger partial charge in [0.25, 0.3) is 0 Å². The van der Waals surface area contributed by atoms with Crippen molar-refractivity contribution in [1.29, 1.82) is 0 Å². The largest absolute Gasteiger partial charge is 0.394 e. The van der Waals surface area contributed by atoms with E-state index in [1.165, 1.54) is 0 Å². The number of anilines is 1. The minimum atomic E-state index is -0.613. The quantitative estimate of drug-likeness (QED) is 0.731. The van der Waals surface area contributed by atoms with Crippen LogP contribution in [0.15, 0.2) is 10.6 Å². The highest BCUT2D eigenvalue weighted by molar-refractivity contribution is 5.88. The summed E-state index contributed by atoms with van der Waals surface area (Å²) in [5, 5.41) is 18.2. The van der Waals surface area contributed by atoms with Gasteiger partial charge in [0.05, 0.1) is 12.1 Å². The number of urea groups is 1. The number of nitrogens with one attached hydrogen (secondary N) is 2. The third kappa shape index (κ3) is 4.07. The van der Waals surface area contributed by atoms with E-state index in [1.54, 1.807) is 19.9 Å². The number of aliphatic hydroxyl groups is 1. The molecular formula is C11H19N3O3. The Labute approximate surface area is 100 Å². The van der Waals surface area contributed by atoms with E-state index < -0.39 is 11.6 Å². The molecule has 1 unspecified atom stereocenters. The van der Waals surface area contributed by atoms with Gasteiger partial charge in [0.2, 0.25) is 0 Å². The Balaban J connectivity index is 2.53. The summed E-state index contributed by atoms with van der Waals surface area (Å²) >= 11 is 0. The molecular weight excluding hydrogens is 222 g/mol. The fourth-order valence-electron chi connectivity index (χ4n) is 1.58. The van der Waals surface area contributed by atoms with Crippen LogP contribution in [0.3, 0.4) is 0 Å². The molecule has 0 aliphatic rings. The maximum atomic E-state index is 11.7. The minimum absolute atomic E-state index is 0.105. The Bertz CT molecular complexity index is 378. The molecule has 0 bridgehead atoms. The van der Waals surface area contributed by atoms with Crippen LogP contribution >= 0.6 is 0 Å². The first-order valence-corrected chi connectivity index (χ1v) is 5.62. The first-order valence-electron chi connectivity index (χ1n) is 5.62. The molecule has 1 heterocycles. The number of aliphatic hydroxyl groups excluding tert-OH is 1. The Morgan fingerprint density at radius 3 is 2.82 bits per heavy atom. The van der Waals surface area contributed by atoms with Crippen LogP contribution in [0.1, 0.15) is 32.4 Å². The van der Waals surface area contributed by atoms with E-state index in [0.29, 0.717) is 18.0 Å². The molecule has 0 aliphatic heterocycles. The van der Waals surface area contributed by atoms with Crippen LogP contribution in [0.4, 0.5) is 10.6 Å². The van der Waals surface area contributed by atoms with Crippen LogP contribution in [0, 0.1) is 6.92 Å². The van der Waals surface area contributed by atoms with Gasteiger partial charge < -0.3 is 14.9 Å². The zero-order valence-corrected chi connectivity index (χ0v) is 10.4. The number of hydrogen-bond acceptors (Lipinski definition) is 4. The molecule has 0 radical (unpaired) electrons. The van der Waals surface area contributed by atoms with Crippen molar-refractivity contribution in [2.75, 3.05) is 11.9 Å². The normalized spacial score (nSPS) is 14.1. The molecule has 6 nitrogen and oxygen atoms in total. The van der Waals surface area contributed by atoms with E-state index in [2.05, 4.69) is 15.8 Å².